The van der Waals surface area contributed by atoms with E-state index < -0.39 is 0 Å². The van der Waals surface area contributed by atoms with Gasteiger partial charge in [-0.3, -0.25) is 0 Å². The van der Waals surface area contributed by atoms with Crippen LogP contribution in [0.25, 0.3) is 0 Å². The maximum atomic E-state index is 5.47. The molecule has 5 nitrogen and oxygen atoms in total. The van der Waals surface area contributed by atoms with Crippen LogP contribution in [-0.4, -0.2) is 9.97 Å². The van der Waals surface area contributed by atoms with E-state index in [2.05, 4.69) is 32.2 Å². The predicted molar refractivity (Wildman–Crippen MR) is 82.8 cm³/mol. The molecule has 1 unspecified atom stereocenters. The Hall–Kier alpha value is -1.66. The minimum absolute atomic E-state index is 0.343. The van der Waals surface area contributed by atoms with E-state index >= 15 is 0 Å². The van der Waals surface area contributed by atoms with Gasteiger partial charge in [-0.25, -0.2) is 15.8 Å². The number of aromatic nitrogens is 2. The van der Waals surface area contributed by atoms with Crippen LogP contribution >= 0.6 is 11.3 Å². The van der Waals surface area contributed by atoms with Gasteiger partial charge in [-0.05, 0) is 36.3 Å². The normalized spacial score (nSPS) is 17.6. The Bertz CT molecular complexity index is 573. The summed E-state index contributed by atoms with van der Waals surface area (Å²) in [5, 5.41) is 5.71. The molecule has 1 atom stereocenters. The van der Waals surface area contributed by atoms with Crippen molar-refractivity contribution in [1.82, 2.24) is 9.97 Å². The first-order valence-corrected chi connectivity index (χ1v) is 7.85. The van der Waals surface area contributed by atoms with E-state index in [4.69, 9.17) is 5.84 Å². The highest BCUT2D eigenvalue weighted by Crippen LogP contribution is 2.35. The molecule has 2 aromatic rings. The summed E-state index contributed by atoms with van der Waals surface area (Å²) in [6.07, 6.45) is 4.35. The van der Waals surface area contributed by atoms with Crippen LogP contribution in [-0.2, 0) is 12.8 Å². The second-order valence-electron chi connectivity index (χ2n) is 4.94. The molecule has 0 aliphatic heterocycles. The standard InChI is InChI=1S/C14H19N5S/c1-2-12-17-13(8-14(18-12)19-15)16-10-4-3-5-11-9(10)6-7-20-11/h6-8,10H,2-5,15H2,1H3,(H2,16,17,18,19). The van der Waals surface area contributed by atoms with Crippen LogP contribution in [0.1, 0.15) is 42.1 Å². The zero-order valence-corrected chi connectivity index (χ0v) is 12.3. The molecule has 20 heavy (non-hydrogen) atoms. The lowest BCUT2D eigenvalue weighted by Crippen LogP contribution is -2.18. The first kappa shape index (κ1) is 13.3. The summed E-state index contributed by atoms with van der Waals surface area (Å²) in [6, 6.07) is 4.43. The fourth-order valence-electron chi connectivity index (χ4n) is 2.62. The number of nitrogens with zero attached hydrogens (tertiary/aromatic N) is 2. The molecular weight excluding hydrogens is 270 g/mol. The minimum atomic E-state index is 0.343. The van der Waals surface area contributed by atoms with Gasteiger partial charge in [-0.1, -0.05) is 6.92 Å². The van der Waals surface area contributed by atoms with Gasteiger partial charge < -0.3 is 10.7 Å². The summed E-state index contributed by atoms with van der Waals surface area (Å²) >= 11 is 1.85. The lowest BCUT2D eigenvalue weighted by atomic mass is 9.94. The van der Waals surface area contributed by atoms with Gasteiger partial charge in [0.2, 0.25) is 0 Å². The number of hydrogen-bond donors (Lipinski definition) is 3. The number of hydrazine groups is 1. The number of fused-ring (bicyclic) bond motifs is 1. The Morgan fingerprint density at radius 3 is 3.05 bits per heavy atom. The first-order chi connectivity index (χ1) is 9.80. The zero-order valence-electron chi connectivity index (χ0n) is 11.5. The minimum Gasteiger partial charge on any atom is -0.363 e. The maximum absolute atomic E-state index is 5.47. The lowest BCUT2D eigenvalue weighted by Gasteiger charge is -2.24. The Labute approximate surface area is 122 Å². The van der Waals surface area contributed by atoms with Crippen molar-refractivity contribution in [3.63, 3.8) is 0 Å². The van der Waals surface area contributed by atoms with Gasteiger partial charge >= 0.3 is 0 Å². The molecule has 2 aromatic heterocycles. The first-order valence-electron chi connectivity index (χ1n) is 6.97. The topological polar surface area (TPSA) is 75.9 Å². The van der Waals surface area contributed by atoms with Crippen LogP contribution < -0.4 is 16.6 Å². The number of hydrogen-bond acceptors (Lipinski definition) is 6. The molecule has 0 radical (unpaired) electrons. The van der Waals surface area contributed by atoms with Crippen LogP contribution in [0.5, 0.6) is 0 Å². The summed E-state index contributed by atoms with van der Waals surface area (Å²) < 4.78 is 0. The number of aryl methyl sites for hydroxylation is 2. The predicted octanol–water partition coefficient (Wildman–Crippen LogP) is 2.88. The van der Waals surface area contributed by atoms with Gasteiger partial charge in [-0.15, -0.1) is 11.3 Å². The van der Waals surface area contributed by atoms with E-state index in [9.17, 15) is 0 Å². The molecule has 0 aromatic carbocycles. The van der Waals surface area contributed by atoms with Crippen LogP contribution in [0.15, 0.2) is 17.5 Å². The fraction of sp³-hybridized carbons (Fsp3) is 0.429. The number of anilines is 2. The van der Waals surface area contributed by atoms with Crippen LogP contribution in [0.3, 0.4) is 0 Å². The summed E-state index contributed by atoms with van der Waals surface area (Å²) in [5.74, 6) is 7.76. The van der Waals surface area contributed by atoms with Crippen molar-refractivity contribution in [3.05, 3.63) is 33.8 Å². The Morgan fingerprint density at radius 2 is 2.25 bits per heavy atom. The Morgan fingerprint density at radius 1 is 1.40 bits per heavy atom. The molecule has 0 saturated heterocycles. The fourth-order valence-corrected chi connectivity index (χ4v) is 3.61. The summed E-state index contributed by atoms with van der Waals surface area (Å²) in [7, 11) is 0. The lowest BCUT2D eigenvalue weighted by molar-refractivity contribution is 0.606. The second kappa shape index (κ2) is 5.76. The molecule has 0 bridgehead atoms. The van der Waals surface area contributed by atoms with Crippen molar-refractivity contribution in [2.75, 3.05) is 10.7 Å². The molecule has 0 fully saturated rings. The van der Waals surface area contributed by atoms with Crippen molar-refractivity contribution in [2.45, 2.75) is 38.6 Å². The second-order valence-corrected chi connectivity index (χ2v) is 5.94. The maximum Gasteiger partial charge on any atom is 0.145 e. The van der Waals surface area contributed by atoms with E-state index in [0.717, 1.165) is 24.5 Å². The van der Waals surface area contributed by atoms with Gasteiger partial charge in [0.15, 0.2) is 0 Å². The number of rotatable bonds is 4. The van der Waals surface area contributed by atoms with Crippen molar-refractivity contribution in [2.24, 2.45) is 5.84 Å². The molecule has 2 heterocycles. The van der Waals surface area contributed by atoms with Gasteiger partial charge in [0.05, 0.1) is 6.04 Å². The molecule has 3 rings (SSSR count). The average Bonchev–Trinajstić information content (AvgIpc) is 2.96. The average molecular weight is 289 g/mol. The third-order valence-corrected chi connectivity index (χ3v) is 4.61. The SMILES string of the molecule is CCc1nc(NN)cc(NC2CCCc3sccc32)n1. The summed E-state index contributed by atoms with van der Waals surface area (Å²) in [4.78, 5) is 10.3. The van der Waals surface area contributed by atoms with Gasteiger partial charge in [0.1, 0.15) is 17.5 Å². The van der Waals surface area contributed by atoms with Crippen molar-refractivity contribution in [3.8, 4) is 0 Å². The number of nitrogens with one attached hydrogen (secondary N) is 2. The van der Waals surface area contributed by atoms with Gasteiger partial charge in [-0.2, -0.15) is 0 Å². The molecule has 4 N–H and O–H groups in total. The highest BCUT2D eigenvalue weighted by atomic mass is 32.1. The van der Waals surface area contributed by atoms with E-state index in [1.807, 2.05) is 24.3 Å². The van der Waals surface area contributed by atoms with E-state index in [1.165, 1.54) is 23.3 Å². The van der Waals surface area contributed by atoms with Crippen molar-refractivity contribution >= 4 is 23.0 Å². The number of nitrogen functional groups attached to an aromatic ring is 1. The Kier molecular flexibility index (Phi) is 3.84. The smallest absolute Gasteiger partial charge is 0.145 e. The molecule has 0 saturated carbocycles. The quantitative estimate of drug-likeness (QED) is 0.596. The molecule has 6 heteroatoms. The van der Waals surface area contributed by atoms with E-state index in [-0.39, 0.29) is 0 Å². The van der Waals surface area contributed by atoms with Gasteiger partial charge in [0, 0.05) is 17.4 Å². The van der Waals surface area contributed by atoms with Crippen LogP contribution in [0.2, 0.25) is 0 Å². The zero-order chi connectivity index (χ0) is 13.9. The van der Waals surface area contributed by atoms with Crippen LogP contribution in [0, 0.1) is 0 Å². The van der Waals surface area contributed by atoms with E-state index in [1.54, 1.807) is 0 Å². The monoisotopic (exact) mass is 289 g/mol. The van der Waals surface area contributed by atoms with Crippen molar-refractivity contribution < 1.29 is 0 Å². The van der Waals surface area contributed by atoms with Gasteiger partial charge in [0.25, 0.3) is 0 Å². The number of nitrogens with two attached hydrogens (primary N) is 1. The Balaban J connectivity index is 1.85. The molecule has 106 valence electrons. The highest BCUT2D eigenvalue weighted by Gasteiger charge is 2.21. The summed E-state index contributed by atoms with van der Waals surface area (Å²) in [5.41, 5.74) is 4.02. The molecule has 0 spiro atoms. The van der Waals surface area contributed by atoms with Crippen LogP contribution in [0.4, 0.5) is 11.6 Å². The molecule has 1 aliphatic carbocycles. The van der Waals surface area contributed by atoms with E-state index in [0.29, 0.717) is 11.9 Å². The third kappa shape index (κ3) is 2.62. The molecular formula is C14H19N5S. The highest BCUT2D eigenvalue weighted by molar-refractivity contribution is 7.10. The van der Waals surface area contributed by atoms with Crippen molar-refractivity contribution in [1.29, 1.82) is 0 Å². The molecule has 1 aliphatic rings. The molecule has 0 amide bonds. The summed E-state index contributed by atoms with van der Waals surface area (Å²) in [6.45, 7) is 2.04. The third-order valence-electron chi connectivity index (χ3n) is 3.61. The largest absolute Gasteiger partial charge is 0.363 e. The number of thiophene rings is 1.